The second-order valence-electron chi connectivity index (χ2n) is 3.74. The van der Waals surface area contributed by atoms with Gasteiger partial charge in [0.1, 0.15) is 5.82 Å². The van der Waals surface area contributed by atoms with E-state index in [2.05, 4.69) is 20.9 Å². The van der Waals surface area contributed by atoms with Crippen LogP contribution in [0.3, 0.4) is 0 Å². The van der Waals surface area contributed by atoms with Crippen LogP contribution < -0.4 is 5.73 Å². The van der Waals surface area contributed by atoms with Crippen molar-refractivity contribution in [2.75, 3.05) is 5.73 Å². The van der Waals surface area contributed by atoms with Crippen LogP contribution in [0, 0.1) is 12.8 Å². The third-order valence-electron chi connectivity index (χ3n) is 2.63. The van der Waals surface area contributed by atoms with Crippen molar-refractivity contribution in [2.45, 2.75) is 26.2 Å². The lowest BCUT2D eigenvalue weighted by Gasteiger charge is -2.09. The van der Waals surface area contributed by atoms with Crippen molar-refractivity contribution in [3.63, 3.8) is 0 Å². The lowest BCUT2D eigenvalue weighted by atomic mass is 10.1. The van der Waals surface area contributed by atoms with E-state index in [4.69, 9.17) is 5.73 Å². The number of anilines is 1. The van der Waals surface area contributed by atoms with Crippen LogP contribution in [0.15, 0.2) is 10.7 Å². The minimum atomic E-state index is 0.666. The molecule has 70 valence electrons. The van der Waals surface area contributed by atoms with E-state index in [0.29, 0.717) is 5.82 Å². The minimum absolute atomic E-state index is 0.666. The SMILES string of the molecule is Cc1c(N)ncc(Br)c1CC1CC1. The molecule has 1 aromatic heterocycles. The number of halogens is 1. The Bertz CT molecular complexity index is 332. The van der Waals surface area contributed by atoms with Crippen LogP contribution in [0.1, 0.15) is 24.0 Å². The summed E-state index contributed by atoms with van der Waals surface area (Å²) < 4.78 is 1.10. The average Bonchev–Trinajstić information content (AvgIpc) is 2.89. The van der Waals surface area contributed by atoms with E-state index in [1.165, 1.54) is 18.4 Å². The molecule has 0 saturated heterocycles. The van der Waals surface area contributed by atoms with Gasteiger partial charge in [0.15, 0.2) is 0 Å². The molecule has 0 atom stereocenters. The molecule has 0 unspecified atom stereocenters. The average molecular weight is 241 g/mol. The molecule has 0 amide bonds. The molecule has 2 rings (SSSR count). The summed E-state index contributed by atoms with van der Waals surface area (Å²) in [5.74, 6) is 1.55. The largest absolute Gasteiger partial charge is 0.383 e. The highest BCUT2D eigenvalue weighted by Gasteiger charge is 2.23. The highest BCUT2D eigenvalue weighted by Crippen LogP contribution is 2.36. The number of nitrogen functional groups attached to an aromatic ring is 1. The molecule has 2 N–H and O–H groups in total. The smallest absolute Gasteiger partial charge is 0.126 e. The van der Waals surface area contributed by atoms with E-state index in [0.717, 1.165) is 22.4 Å². The zero-order valence-corrected chi connectivity index (χ0v) is 9.26. The molecule has 1 aromatic rings. The molecule has 1 saturated carbocycles. The Morgan fingerprint density at radius 1 is 1.62 bits per heavy atom. The molecule has 0 spiro atoms. The van der Waals surface area contributed by atoms with Crippen molar-refractivity contribution in [1.82, 2.24) is 4.98 Å². The maximum atomic E-state index is 5.75. The van der Waals surface area contributed by atoms with Gasteiger partial charge in [-0.05, 0) is 59.2 Å². The number of hydrogen-bond acceptors (Lipinski definition) is 2. The maximum Gasteiger partial charge on any atom is 0.126 e. The lowest BCUT2D eigenvalue weighted by molar-refractivity contribution is 0.820. The first-order chi connectivity index (χ1) is 6.18. The fraction of sp³-hybridized carbons (Fsp3) is 0.500. The Hall–Kier alpha value is -0.570. The van der Waals surface area contributed by atoms with Crippen molar-refractivity contribution >= 4 is 21.7 Å². The maximum absolute atomic E-state index is 5.75. The number of nitrogens with two attached hydrogens (primary N) is 1. The summed E-state index contributed by atoms with van der Waals surface area (Å²) in [6.45, 7) is 2.05. The zero-order valence-electron chi connectivity index (χ0n) is 7.68. The van der Waals surface area contributed by atoms with E-state index in [-0.39, 0.29) is 0 Å². The molecule has 0 radical (unpaired) electrons. The van der Waals surface area contributed by atoms with Crippen molar-refractivity contribution in [3.8, 4) is 0 Å². The molecule has 1 aliphatic carbocycles. The Balaban J connectivity index is 2.34. The normalized spacial score (nSPS) is 16.2. The van der Waals surface area contributed by atoms with E-state index < -0.39 is 0 Å². The molecule has 1 aliphatic rings. The fourth-order valence-corrected chi connectivity index (χ4v) is 2.06. The third-order valence-corrected chi connectivity index (χ3v) is 3.32. The Morgan fingerprint density at radius 3 is 2.92 bits per heavy atom. The first kappa shape index (κ1) is 9.00. The van der Waals surface area contributed by atoms with E-state index in [1.54, 1.807) is 6.20 Å². The van der Waals surface area contributed by atoms with E-state index in [9.17, 15) is 0 Å². The van der Waals surface area contributed by atoms with Gasteiger partial charge in [-0.3, -0.25) is 0 Å². The minimum Gasteiger partial charge on any atom is -0.383 e. The van der Waals surface area contributed by atoms with Crippen LogP contribution >= 0.6 is 15.9 Å². The van der Waals surface area contributed by atoms with Crippen molar-refractivity contribution < 1.29 is 0 Å². The first-order valence-corrected chi connectivity index (χ1v) is 5.37. The zero-order chi connectivity index (χ0) is 9.42. The van der Waals surface area contributed by atoms with Gasteiger partial charge < -0.3 is 5.73 Å². The van der Waals surface area contributed by atoms with Crippen LogP contribution in [-0.2, 0) is 6.42 Å². The quantitative estimate of drug-likeness (QED) is 0.864. The molecule has 1 heterocycles. The topological polar surface area (TPSA) is 38.9 Å². The van der Waals surface area contributed by atoms with Crippen LogP contribution in [0.5, 0.6) is 0 Å². The number of pyridine rings is 1. The van der Waals surface area contributed by atoms with Crippen molar-refractivity contribution in [1.29, 1.82) is 0 Å². The van der Waals surface area contributed by atoms with Gasteiger partial charge in [-0.1, -0.05) is 0 Å². The van der Waals surface area contributed by atoms with Gasteiger partial charge in [0.2, 0.25) is 0 Å². The van der Waals surface area contributed by atoms with Crippen LogP contribution in [0.2, 0.25) is 0 Å². The predicted octanol–water partition coefficient (Wildman–Crippen LogP) is 2.69. The van der Waals surface area contributed by atoms with Gasteiger partial charge in [0, 0.05) is 10.7 Å². The summed E-state index contributed by atoms with van der Waals surface area (Å²) in [5.41, 5.74) is 8.24. The van der Waals surface area contributed by atoms with Gasteiger partial charge in [-0.2, -0.15) is 0 Å². The molecule has 3 heteroatoms. The van der Waals surface area contributed by atoms with E-state index >= 15 is 0 Å². The van der Waals surface area contributed by atoms with Gasteiger partial charge in [-0.15, -0.1) is 0 Å². The summed E-state index contributed by atoms with van der Waals surface area (Å²) in [4.78, 5) is 4.10. The standard InChI is InChI=1S/C10H13BrN2/c1-6-8(4-7-2-3-7)9(11)5-13-10(6)12/h5,7H,2-4H2,1H3,(H2,12,13). The molecule has 0 aliphatic heterocycles. The Kier molecular flexibility index (Phi) is 2.28. The summed E-state index contributed by atoms with van der Waals surface area (Å²) >= 11 is 3.52. The van der Waals surface area contributed by atoms with Crippen LogP contribution in [0.25, 0.3) is 0 Å². The fourth-order valence-electron chi connectivity index (χ4n) is 1.50. The molecule has 0 aromatic carbocycles. The number of aromatic nitrogens is 1. The lowest BCUT2D eigenvalue weighted by Crippen LogP contribution is -2.00. The summed E-state index contributed by atoms with van der Waals surface area (Å²) in [5, 5.41) is 0. The summed E-state index contributed by atoms with van der Waals surface area (Å²) in [7, 11) is 0. The number of hydrogen-bond donors (Lipinski definition) is 1. The molecule has 2 nitrogen and oxygen atoms in total. The molecule has 13 heavy (non-hydrogen) atoms. The second kappa shape index (κ2) is 3.29. The molecule has 0 bridgehead atoms. The van der Waals surface area contributed by atoms with Crippen LogP contribution in [-0.4, -0.2) is 4.98 Å². The second-order valence-corrected chi connectivity index (χ2v) is 4.60. The molecular formula is C10H13BrN2. The predicted molar refractivity (Wildman–Crippen MR) is 57.5 cm³/mol. The highest BCUT2D eigenvalue weighted by atomic mass is 79.9. The van der Waals surface area contributed by atoms with Crippen molar-refractivity contribution in [3.05, 3.63) is 21.8 Å². The number of rotatable bonds is 2. The van der Waals surface area contributed by atoms with Gasteiger partial charge in [0.05, 0.1) is 0 Å². The van der Waals surface area contributed by atoms with Gasteiger partial charge in [-0.25, -0.2) is 4.98 Å². The van der Waals surface area contributed by atoms with E-state index in [1.807, 2.05) is 6.92 Å². The number of nitrogens with zero attached hydrogens (tertiary/aromatic N) is 1. The summed E-state index contributed by atoms with van der Waals surface area (Å²) in [6.07, 6.45) is 5.70. The first-order valence-electron chi connectivity index (χ1n) is 4.58. The molecule has 1 fully saturated rings. The van der Waals surface area contributed by atoms with Crippen molar-refractivity contribution in [2.24, 2.45) is 5.92 Å². The molecular weight excluding hydrogens is 228 g/mol. The Labute approximate surface area is 86.7 Å². The van der Waals surface area contributed by atoms with Crippen LogP contribution in [0.4, 0.5) is 5.82 Å². The third kappa shape index (κ3) is 1.85. The van der Waals surface area contributed by atoms with Gasteiger partial charge in [0.25, 0.3) is 0 Å². The van der Waals surface area contributed by atoms with Gasteiger partial charge >= 0.3 is 0 Å². The summed E-state index contributed by atoms with van der Waals surface area (Å²) in [6, 6.07) is 0. The monoisotopic (exact) mass is 240 g/mol. The highest BCUT2D eigenvalue weighted by molar-refractivity contribution is 9.10. The Morgan fingerprint density at radius 2 is 2.31 bits per heavy atom.